The summed E-state index contributed by atoms with van der Waals surface area (Å²) in [7, 11) is 0. The second kappa shape index (κ2) is 5.01. The van der Waals surface area contributed by atoms with Crippen LogP contribution in [0.5, 0.6) is 0 Å². The Morgan fingerprint density at radius 1 is 1.62 bits per heavy atom. The molecule has 1 aromatic rings. The molecule has 1 aliphatic rings. The minimum Gasteiger partial charge on any atom is -0.364 e. The maximum absolute atomic E-state index is 11.8. The van der Waals surface area contributed by atoms with E-state index in [1.165, 1.54) is 6.26 Å². The first-order valence-electron chi connectivity index (χ1n) is 5.68. The fourth-order valence-corrected chi connectivity index (χ4v) is 1.82. The van der Waals surface area contributed by atoms with E-state index in [4.69, 9.17) is 4.52 Å². The van der Waals surface area contributed by atoms with Crippen molar-refractivity contribution in [1.82, 2.24) is 15.4 Å². The van der Waals surface area contributed by atoms with Crippen LogP contribution < -0.4 is 5.32 Å². The van der Waals surface area contributed by atoms with Gasteiger partial charge < -0.3 is 14.7 Å². The number of rotatable bonds is 2. The number of nitrogens with one attached hydrogen (secondary N) is 1. The highest BCUT2D eigenvalue weighted by Gasteiger charge is 2.19. The first kappa shape index (κ1) is 11.0. The van der Waals surface area contributed by atoms with Gasteiger partial charge in [-0.05, 0) is 18.8 Å². The summed E-state index contributed by atoms with van der Waals surface area (Å²) in [4.78, 5) is 13.6. The molecule has 5 nitrogen and oxygen atoms in total. The summed E-state index contributed by atoms with van der Waals surface area (Å²) < 4.78 is 4.69. The monoisotopic (exact) mass is 223 g/mol. The third kappa shape index (κ3) is 2.74. The number of likely N-dealkylation sites (tertiary alicyclic amines) is 1. The molecule has 0 unspecified atom stereocenters. The van der Waals surface area contributed by atoms with Gasteiger partial charge >= 0.3 is 6.03 Å². The average molecular weight is 223 g/mol. The number of carbonyl (C=O) groups is 1. The van der Waals surface area contributed by atoms with Gasteiger partial charge in [-0.2, -0.15) is 0 Å². The first-order valence-corrected chi connectivity index (χ1v) is 5.68. The Balaban J connectivity index is 1.75. The van der Waals surface area contributed by atoms with E-state index in [-0.39, 0.29) is 6.03 Å². The average Bonchev–Trinajstić information content (AvgIpc) is 2.80. The number of aromatic nitrogens is 1. The van der Waals surface area contributed by atoms with Crippen LogP contribution in [-0.4, -0.2) is 29.2 Å². The van der Waals surface area contributed by atoms with Gasteiger partial charge in [0.25, 0.3) is 0 Å². The predicted octanol–water partition coefficient (Wildman–Crippen LogP) is 1.62. The van der Waals surface area contributed by atoms with Crippen LogP contribution in [0.4, 0.5) is 4.79 Å². The quantitative estimate of drug-likeness (QED) is 0.828. The standard InChI is InChI=1S/C11H17N3O2/c1-9-2-5-14(6-3-9)11(15)12-8-10-4-7-16-13-10/h4,7,9H,2-3,5-6,8H2,1H3,(H,12,15). The largest absolute Gasteiger partial charge is 0.364 e. The molecule has 0 atom stereocenters. The maximum Gasteiger partial charge on any atom is 0.317 e. The molecule has 0 bridgehead atoms. The van der Waals surface area contributed by atoms with E-state index >= 15 is 0 Å². The molecule has 2 heterocycles. The molecule has 1 aromatic heterocycles. The van der Waals surface area contributed by atoms with Gasteiger partial charge in [-0.15, -0.1) is 0 Å². The minimum absolute atomic E-state index is 0.00472. The summed E-state index contributed by atoms with van der Waals surface area (Å²) in [5, 5.41) is 6.57. The van der Waals surface area contributed by atoms with Crippen LogP contribution in [0.1, 0.15) is 25.5 Å². The van der Waals surface area contributed by atoms with Gasteiger partial charge in [0.05, 0.1) is 6.54 Å². The minimum atomic E-state index is -0.00472. The molecule has 0 aromatic carbocycles. The van der Waals surface area contributed by atoms with Gasteiger partial charge in [0, 0.05) is 19.2 Å². The van der Waals surface area contributed by atoms with Gasteiger partial charge in [0.2, 0.25) is 0 Å². The van der Waals surface area contributed by atoms with Crippen LogP contribution >= 0.6 is 0 Å². The van der Waals surface area contributed by atoms with E-state index in [9.17, 15) is 4.79 Å². The van der Waals surface area contributed by atoms with Crippen molar-refractivity contribution in [2.24, 2.45) is 5.92 Å². The van der Waals surface area contributed by atoms with Crippen LogP contribution in [0.15, 0.2) is 16.9 Å². The van der Waals surface area contributed by atoms with Gasteiger partial charge in [-0.3, -0.25) is 0 Å². The third-order valence-electron chi connectivity index (χ3n) is 2.98. The maximum atomic E-state index is 11.8. The molecule has 2 rings (SSSR count). The third-order valence-corrected chi connectivity index (χ3v) is 2.98. The van der Waals surface area contributed by atoms with E-state index in [1.807, 2.05) is 4.90 Å². The van der Waals surface area contributed by atoms with Crippen molar-refractivity contribution in [3.8, 4) is 0 Å². The molecular formula is C11H17N3O2. The van der Waals surface area contributed by atoms with Crippen molar-refractivity contribution < 1.29 is 9.32 Å². The Bertz CT molecular complexity index is 329. The number of hydrogen-bond donors (Lipinski definition) is 1. The number of hydrogen-bond acceptors (Lipinski definition) is 3. The smallest absolute Gasteiger partial charge is 0.317 e. The number of amides is 2. The van der Waals surface area contributed by atoms with Crippen LogP contribution in [0, 0.1) is 5.92 Å². The molecule has 0 spiro atoms. The Morgan fingerprint density at radius 3 is 3.00 bits per heavy atom. The molecule has 2 amide bonds. The molecule has 1 fully saturated rings. The first-order chi connectivity index (χ1) is 7.75. The molecule has 0 saturated carbocycles. The Hall–Kier alpha value is -1.52. The van der Waals surface area contributed by atoms with Crippen LogP contribution in [0.25, 0.3) is 0 Å². The summed E-state index contributed by atoms with van der Waals surface area (Å²) in [5.41, 5.74) is 0.749. The summed E-state index contributed by atoms with van der Waals surface area (Å²) in [6.07, 6.45) is 3.69. The lowest BCUT2D eigenvalue weighted by atomic mass is 10.00. The molecule has 16 heavy (non-hydrogen) atoms. The summed E-state index contributed by atoms with van der Waals surface area (Å²) in [6, 6.07) is 1.74. The normalized spacial score (nSPS) is 17.4. The van der Waals surface area contributed by atoms with Crippen molar-refractivity contribution in [1.29, 1.82) is 0 Å². The number of carbonyl (C=O) groups excluding carboxylic acids is 1. The van der Waals surface area contributed by atoms with Crippen molar-refractivity contribution in [3.05, 3.63) is 18.0 Å². The van der Waals surface area contributed by atoms with Crippen LogP contribution in [0.2, 0.25) is 0 Å². The van der Waals surface area contributed by atoms with Gasteiger partial charge in [-0.25, -0.2) is 4.79 Å². The zero-order valence-corrected chi connectivity index (χ0v) is 9.48. The fraction of sp³-hybridized carbons (Fsp3) is 0.636. The molecule has 1 N–H and O–H groups in total. The predicted molar refractivity (Wildman–Crippen MR) is 58.7 cm³/mol. The van der Waals surface area contributed by atoms with Crippen LogP contribution in [-0.2, 0) is 6.54 Å². The fourth-order valence-electron chi connectivity index (χ4n) is 1.82. The molecule has 1 aliphatic heterocycles. The molecule has 5 heteroatoms. The Labute approximate surface area is 94.8 Å². The molecule has 0 aliphatic carbocycles. The number of urea groups is 1. The summed E-state index contributed by atoms with van der Waals surface area (Å²) in [5.74, 6) is 0.736. The van der Waals surface area contributed by atoms with E-state index in [0.717, 1.165) is 37.5 Å². The van der Waals surface area contributed by atoms with Crippen molar-refractivity contribution >= 4 is 6.03 Å². The molecule has 0 radical (unpaired) electrons. The Kier molecular flexibility index (Phi) is 3.44. The van der Waals surface area contributed by atoms with E-state index < -0.39 is 0 Å². The lowest BCUT2D eigenvalue weighted by Crippen LogP contribution is -2.43. The van der Waals surface area contributed by atoms with E-state index in [0.29, 0.717) is 6.54 Å². The SMILES string of the molecule is CC1CCN(C(=O)NCc2ccon2)CC1. The zero-order chi connectivity index (χ0) is 11.4. The van der Waals surface area contributed by atoms with Gasteiger partial charge in [0.1, 0.15) is 12.0 Å². The second-order valence-electron chi connectivity index (χ2n) is 4.32. The highest BCUT2D eigenvalue weighted by molar-refractivity contribution is 5.74. The highest BCUT2D eigenvalue weighted by atomic mass is 16.5. The Morgan fingerprint density at radius 2 is 2.38 bits per heavy atom. The number of nitrogens with zero attached hydrogens (tertiary/aromatic N) is 2. The van der Waals surface area contributed by atoms with Crippen molar-refractivity contribution in [2.45, 2.75) is 26.3 Å². The topological polar surface area (TPSA) is 58.4 Å². The highest BCUT2D eigenvalue weighted by Crippen LogP contribution is 2.15. The lowest BCUT2D eigenvalue weighted by molar-refractivity contribution is 0.173. The second-order valence-corrected chi connectivity index (χ2v) is 4.32. The number of piperidine rings is 1. The summed E-state index contributed by atoms with van der Waals surface area (Å²) >= 11 is 0. The summed E-state index contributed by atoms with van der Waals surface area (Å²) in [6.45, 7) is 4.36. The van der Waals surface area contributed by atoms with Crippen molar-refractivity contribution in [3.63, 3.8) is 0 Å². The zero-order valence-electron chi connectivity index (χ0n) is 9.48. The molecule has 1 saturated heterocycles. The molecular weight excluding hydrogens is 206 g/mol. The van der Waals surface area contributed by atoms with E-state index in [2.05, 4.69) is 17.4 Å². The van der Waals surface area contributed by atoms with Crippen LogP contribution in [0.3, 0.4) is 0 Å². The van der Waals surface area contributed by atoms with Crippen molar-refractivity contribution in [2.75, 3.05) is 13.1 Å². The lowest BCUT2D eigenvalue weighted by Gasteiger charge is -2.30. The van der Waals surface area contributed by atoms with Gasteiger partial charge in [-0.1, -0.05) is 12.1 Å². The van der Waals surface area contributed by atoms with Gasteiger partial charge in [0.15, 0.2) is 0 Å². The van der Waals surface area contributed by atoms with E-state index in [1.54, 1.807) is 6.07 Å². The molecule has 88 valence electrons.